The van der Waals surface area contributed by atoms with E-state index in [1.165, 1.54) is 34.9 Å². The molecule has 1 aliphatic rings. The molecule has 6 rings (SSSR count). The second-order valence-electron chi connectivity index (χ2n) is 11.0. The Bertz CT molecular complexity index is 1940. The Kier molecular flexibility index (Phi) is 7.77. The van der Waals surface area contributed by atoms with Crippen LogP contribution >= 0.6 is 0 Å². The number of piperazine rings is 1. The highest BCUT2D eigenvalue weighted by atomic mass is 19.1. The number of anilines is 2. The molecule has 0 radical (unpaired) electrons. The molecule has 230 valence electrons. The van der Waals surface area contributed by atoms with E-state index in [-0.39, 0.29) is 29.1 Å². The Hall–Kier alpha value is -5.56. The molecule has 2 amide bonds. The number of carboxylic acid groups (broad SMARTS) is 1. The number of nitrogens with zero attached hydrogens (tertiary/aromatic N) is 4. The van der Waals surface area contributed by atoms with Crippen LogP contribution in [0.1, 0.15) is 42.3 Å². The number of aromatic carboxylic acids is 1. The van der Waals surface area contributed by atoms with Gasteiger partial charge in [-0.05, 0) is 73.1 Å². The number of likely N-dealkylation sites (N-methyl/N-ethyl adjacent to an activating group) is 1. The van der Waals surface area contributed by atoms with E-state index >= 15 is 0 Å². The number of fused-ring (bicyclic) bond motifs is 1. The van der Waals surface area contributed by atoms with Crippen LogP contribution in [0.5, 0.6) is 0 Å². The standard InChI is InChI=1S/C32H29F2N7O4/c1-39-7-9-40(10-8-39)27-16-22(29(35)42)23(17-28(27)41-6-2-3-26(41)32(44)45)31(43)36-30-24-14-18(4-5-25(24)37-38-30)11-19-12-20(33)15-21(34)13-19/h2-6,12-17H,7-11H2,1H3,(H2,35,42)(H,44,45)(H2,36,37,38,43). The highest BCUT2D eigenvalue weighted by Crippen LogP contribution is 2.32. The summed E-state index contributed by atoms with van der Waals surface area (Å²) in [6, 6.07) is 14.6. The Balaban J connectivity index is 1.39. The van der Waals surface area contributed by atoms with Gasteiger partial charge in [0.2, 0.25) is 5.91 Å². The molecule has 0 atom stereocenters. The molecule has 1 aliphatic heterocycles. The second-order valence-corrected chi connectivity index (χ2v) is 11.0. The average molecular weight is 614 g/mol. The number of H-pyrrole nitrogens is 1. The van der Waals surface area contributed by atoms with Crippen LogP contribution in [0.25, 0.3) is 16.6 Å². The first kappa shape index (κ1) is 29.5. The number of benzene rings is 3. The quantitative estimate of drug-likeness (QED) is 0.207. The van der Waals surface area contributed by atoms with Crippen LogP contribution in [0.2, 0.25) is 0 Å². The summed E-state index contributed by atoms with van der Waals surface area (Å²) >= 11 is 0. The molecule has 0 unspecified atom stereocenters. The second kappa shape index (κ2) is 11.8. The van der Waals surface area contributed by atoms with Gasteiger partial charge in [0.1, 0.15) is 17.3 Å². The van der Waals surface area contributed by atoms with Crippen LogP contribution < -0.4 is 16.0 Å². The number of halogens is 2. The van der Waals surface area contributed by atoms with E-state index in [2.05, 4.69) is 20.4 Å². The fourth-order valence-electron chi connectivity index (χ4n) is 5.62. The van der Waals surface area contributed by atoms with Crippen molar-refractivity contribution < 1.29 is 28.3 Å². The summed E-state index contributed by atoms with van der Waals surface area (Å²) in [6.45, 7) is 2.71. The van der Waals surface area contributed by atoms with Gasteiger partial charge in [0, 0.05) is 43.8 Å². The third-order valence-corrected chi connectivity index (χ3v) is 7.89. The smallest absolute Gasteiger partial charge is 0.352 e. The maximum atomic E-state index is 13.8. The molecule has 11 nitrogen and oxygen atoms in total. The zero-order chi connectivity index (χ0) is 31.8. The van der Waals surface area contributed by atoms with Crippen LogP contribution in [0, 0.1) is 11.6 Å². The lowest BCUT2D eigenvalue weighted by Crippen LogP contribution is -2.45. The minimum atomic E-state index is -1.16. The molecule has 3 heterocycles. The number of carbonyl (C=O) groups is 3. The third-order valence-electron chi connectivity index (χ3n) is 7.89. The molecule has 0 spiro atoms. The van der Waals surface area contributed by atoms with Gasteiger partial charge in [-0.15, -0.1) is 0 Å². The number of hydrogen-bond acceptors (Lipinski definition) is 6. The average Bonchev–Trinajstić information content (AvgIpc) is 3.64. The maximum absolute atomic E-state index is 13.8. The largest absolute Gasteiger partial charge is 0.477 e. The van der Waals surface area contributed by atoms with Crippen molar-refractivity contribution in [1.82, 2.24) is 19.7 Å². The lowest BCUT2D eigenvalue weighted by atomic mass is 10.0. The van der Waals surface area contributed by atoms with E-state index in [0.29, 0.717) is 40.9 Å². The highest BCUT2D eigenvalue weighted by molar-refractivity contribution is 6.14. The van der Waals surface area contributed by atoms with Gasteiger partial charge in [0.15, 0.2) is 5.82 Å². The first-order valence-corrected chi connectivity index (χ1v) is 14.1. The number of amides is 2. The van der Waals surface area contributed by atoms with Crippen molar-refractivity contribution in [1.29, 1.82) is 0 Å². The number of carboxylic acids is 1. The van der Waals surface area contributed by atoms with E-state index in [4.69, 9.17) is 5.73 Å². The SMILES string of the molecule is CN1CCN(c2cc(C(N)=O)c(C(=O)Nc3n[nH]c4ccc(Cc5cc(F)cc(F)c5)cc34)cc2-n2cccc2C(=O)O)CC1. The molecule has 1 fully saturated rings. The van der Waals surface area contributed by atoms with Gasteiger partial charge in [-0.3, -0.25) is 14.7 Å². The van der Waals surface area contributed by atoms with Crippen molar-refractivity contribution in [3.05, 3.63) is 106 Å². The fourth-order valence-corrected chi connectivity index (χ4v) is 5.62. The van der Waals surface area contributed by atoms with Crippen molar-refractivity contribution >= 4 is 40.2 Å². The summed E-state index contributed by atoms with van der Waals surface area (Å²) in [7, 11) is 2.00. The summed E-state index contributed by atoms with van der Waals surface area (Å²) in [4.78, 5) is 42.7. The predicted octanol–water partition coefficient (Wildman–Crippen LogP) is 4.02. The summed E-state index contributed by atoms with van der Waals surface area (Å²) in [6.07, 6.45) is 1.81. The molecule has 5 aromatic rings. The first-order chi connectivity index (χ1) is 21.6. The van der Waals surface area contributed by atoms with E-state index in [1.807, 2.05) is 11.9 Å². The van der Waals surface area contributed by atoms with Gasteiger partial charge in [0.25, 0.3) is 5.91 Å². The van der Waals surface area contributed by atoms with Crippen molar-refractivity contribution in [3.63, 3.8) is 0 Å². The molecule has 3 aromatic carbocycles. The summed E-state index contributed by atoms with van der Waals surface area (Å²) < 4.78 is 29.0. The van der Waals surface area contributed by atoms with Crippen LogP contribution in [0.4, 0.5) is 20.3 Å². The van der Waals surface area contributed by atoms with E-state index in [9.17, 15) is 28.3 Å². The van der Waals surface area contributed by atoms with Crippen molar-refractivity contribution in [2.24, 2.45) is 5.73 Å². The van der Waals surface area contributed by atoms with Gasteiger partial charge in [-0.1, -0.05) is 6.07 Å². The topological polar surface area (TPSA) is 150 Å². The van der Waals surface area contributed by atoms with Gasteiger partial charge < -0.3 is 30.5 Å². The fraction of sp³-hybridized carbons (Fsp3) is 0.188. The normalized spacial score (nSPS) is 13.7. The van der Waals surface area contributed by atoms with Gasteiger partial charge in [-0.2, -0.15) is 5.10 Å². The molecule has 2 aromatic heterocycles. The number of aromatic nitrogens is 3. The Labute approximate surface area is 255 Å². The van der Waals surface area contributed by atoms with Gasteiger partial charge in [-0.25, -0.2) is 13.6 Å². The first-order valence-electron chi connectivity index (χ1n) is 14.1. The number of nitrogens with two attached hydrogens (primary N) is 1. The molecular weight excluding hydrogens is 584 g/mol. The van der Waals surface area contributed by atoms with Crippen molar-refractivity contribution in [2.45, 2.75) is 6.42 Å². The zero-order valence-electron chi connectivity index (χ0n) is 24.2. The number of nitrogens with one attached hydrogen (secondary N) is 2. The summed E-state index contributed by atoms with van der Waals surface area (Å²) in [5, 5.41) is 20.2. The molecule has 0 bridgehead atoms. The van der Waals surface area contributed by atoms with Gasteiger partial charge >= 0.3 is 5.97 Å². The number of carbonyl (C=O) groups excluding carboxylic acids is 2. The molecule has 13 heteroatoms. The lowest BCUT2D eigenvalue weighted by Gasteiger charge is -2.35. The third kappa shape index (κ3) is 5.97. The Morgan fingerprint density at radius 3 is 2.33 bits per heavy atom. The molecule has 1 saturated heterocycles. The van der Waals surface area contributed by atoms with Crippen LogP contribution in [0.15, 0.2) is 66.9 Å². The molecule has 45 heavy (non-hydrogen) atoms. The predicted molar refractivity (Wildman–Crippen MR) is 164 cm³/mol. The molecule has 5 N–H and O–H groups in total. The van der Waals surface area contributed by atoms with Crippen molar-refractivity contribution in [3.8, 4) is 5.69 Å². The van der Waals surface area contributed by atoms with Crippen LogP contribution in [-0.2, 0) is 6.42 Å². The van der Waals surface area contributed by atoms with E-state index in [1.54, 1.807) is 30.5 Å². The minimum Gasteiger partial charge on any atom is -0.477 e. The summed E-state index contributed by atoms with van der Waals surface area (Å²) in [5.74, 6) is -3.87. The molecular formula is C32H29F2N7O4. The number of rotatable bonds is 8. The monoisotopic (exact) mass is 613 g/mol. The van der Waals surface area contributed by atoms with Gasteiger partial charge in [0.05, 0.1) is 28.0 Å². The maximum Gasteiger partial charge on any atom is 0.352 e. The van der Waals surface area contributed by atoms with E-state index < -0.39 is 29.4 Å². The van der Waals surface area contributed by atoms with Crippen LogP contribution in [0.3, 0.4) is 0 Å². The van der Waals surface area contributed by atoms with Crippen molar-refractivity contribution in [2.75, 3.05) is 43.4 Å². The van der Waals surface area contributed by atoms with Crippen LogP contribution in [-0.4, -0.2) is 75.8 Å². The number of primary amides is 1. The highest BCUT2D eigenvalue weighted by Gasteiger charge is 2.26. The number of hydrogen-bond donors (Lipinski definition) is 4. The molecule has 0 aliphatic carbocycles. The Morgan fingerprint density at radius 2 is 1.64 bits per heavy atom. The minimum absolute atomic E-state index is 0.0208. The summed E-state index contributed by atoms with van der Waals surface area (Å²) in [5.41, 5.74) is 8.36. The molecule has 0 saturated carbocycles. The number of aromatic amines is 1. The lowest BCUT2D eigenvalue weighted by molar-refractivity contribution is 0.0687. The zero-order valence-corrected chi connectivity index (χ0v) is 24.2. The van der Waals surface area contributed by atoms with E-state index in [0.717, 1.165) is 24.7 Å². The Morgan fingerprint density at radius 1 is 0.933 bits per heavy atom.